The topological polar surface area (TPSA) is 80.9 Å². The maximum absolute atomic E-state index is 12.6. The number of amides is 1. The van der Waals surface area contributed by atoms with Crippen LogP contribution in [0.4, 0.5) is 5.82 Å². The van der Waals surface area contributed by atoms with E-state index < -0.39 is 0 Å². The molecule has 1 N–H and O–H groups in total. The molecule has 0 radical (unpaired) electrons. The first-order valence-electron chi connectivity index (χ1n) is 8.17. The highest BCUT2D eigenvalue weighted by atomic mass is 16.5. The second kappa shape index (κ2) is 6.84. The smallest absolute Gasteiger partial charge is 0.256 e. The van der Waals surface area contributed by atoms with E-state index in [1.165, 1.54) is 0 Å². The van der Waals surface area contributed by atoms with Gasteiger partial charge in [0, 0.05) is 17.7 Å². The average molecular weight is 336 g/mol. The molecule has 3 aromatic rings. The van der Waals surface area contributed by atoms with Crippen molar-refractivity contribution < 1.29 is 9.32 Å². The number of nitrogens with zero attached hydrogens (tertiary/aromatic N) is 3. The lowest BCUT2D eigenvalue weighted by atomic mass is 10.1. The summed E-state index contributed by atoms with van der Waals surface area (Å²) in [4.78, 5) is 21.5. The molecule has 25 heavy (non-hydrogen) atoms. The molecule has 0 saturated heterocycles. The third kappa shape index (κ3) is 3.57. The number of hydrogen-bond donors (Lipinski definition) is 1. The van der Waals surface area contributed by atoms with Crippen molar-refractivity contribution in [2.24, 2.45) is 0 Å². The van der Waals surface area contributed by atoms with Gasteiger partial charge in [-0.1, -0.05) is 29.8 Å². The van der Waals surface area contributed by atoms with Crippen molar-refractivity contribution in [2.45, 2.75) is 34.1 Å². The molecule has 0 atom stereocenters. The van der Waals surface area contributed by atoms with Gasteiger partial charge in [0.2, 0.25) is 11.7 Å². The fraction of sp³-hybridized carbons (Fsp3) is 0.263. The van der Waals surface area contributed by atoms with Gasteiger partial charge in [-0.3, -0.25) is 4.79 Å². The van der Waals surface area contributed by atoms with Crippen molar-refractivity contribution in [3.05, 3.63) is 58.6 Å². The van der Waals surface area contributed by atoms with E-state index in [-0.39, 0.29) is 5.91 Å². The van der Waals surface area contributed by atoms with Crippen molar-refractivity contribution in [2.75, 3.05) is 5.32 Å². The molecular formula is C19H20N4O2. The van der Waals surface area contributed by atoms with Crippen LogP contribution in [0.1, 0.15) is 40.0 Å². The van der Waals surface area contributed by atoms with E-state index in [9.17, 15) is 4.79 Å². The Labute approximate surface area is 146 Å². The summed E-state index contributed by atoms with van der Waals surface area (Å²) in [5.74, 6) is 1.20. The SMILES string of the molecule is CCc1nc(-c2c(C)cc(C)nc2NC(=O)c2cccc(C)c2)no1. The summed E-state index contributed by atoms with van der Waals surface area (Å²) in [5.41, 5.74) is 4.01. The van der Waals surface area contributed by atoms with E-state index in [0.29, 0.717) is 35.1 Å². The van der Waals surface area contributed by atoms with Gasteiger partial charge in [0.15, 0.2) is 0 Å². The lowest BCUT2D eigenvalue weighted by Gasteiger charge is -2.12. The van der Waals surface area contributed by atoms with Crippen LogP contribution >= 0.6 is 0 Å². The summed E-state index contributed by atoms with van der Waals surface area (Å²) in [6.07, 6.45) is 0.649. The molecule has 2 heterocycles. The number of aryl methyl sites for hydroxylation is 4. The first kappa shape index (κ1) is 16.8. The molecule has 1 aromatic carbocycles. The predicted molar refractivity (Wildman–Crippen MR) is 95.5 cm³/mol. The van der Waals surface area contributed by atoms with Crippen molar-refractivity contribution in [1.29, 1.82) is 0 Å². The summed E-state index contributed by atoms with van der Waals surface area (Å²) >= 11 is 0. The Balaban J connectivity index is 2.01. The molecule has 0 saturated carbocycles. The molecule has 1 amide bonds. The molecule has 0 bridgehead atoms. The Morgan fingerprint density at radius 1 is 1.16 bits per heavy atom. The molecule has 6 heteroatoms. The van der Waals surface area contributed by atoms with Crippen LogP contribution in [0, 0.1) is 20.8 Å². The Hall–Kier alpha value is -3.02. The van der Waals surface area contributed by atoms with Gasteiger partial charge in [-0.2, -0.15) is 4.98 Å². The van der Waals surface area contributed by atoms with E-state index in [0.717, 1.165) is 16.8 Å². The standard InChI is InChI=1S/C19H20N4O2/c1-5-15-21-18(23-25-15)16-12(3)10-13(4)20-17(16)22-19(24)14-8-6-7-11(2)9-14/h6-10H,5H2,1-4H3,(H,20,22,24). The van der Waals surface area contributed by atoms with Crippen LogP contribution in [-0.4, -0.2) is 21.0 Å². The van der Waals surface area contributed by atoms with Crippen LogP contribution in [0.2, 0.25) is 0 Å². The van der Waals surface area contributed by atoms with Gasteiger partial charge in [-0.25, -0.2) is 4.98 Å². The van der Waals surface area contributed by atoms with Crippen LogP contribution in [0.15, 0.2) is 34.9 Å². The molecule has 0 unspecified atom stereocenters. The number of hydrogen-bond acceptors (Lipinski definition) is 5. The highest BCUT2D eigenvalue weighted by molar-refractivity contribution is 6.05. The van der Waals surface area contributed by atoms with Gasteiger partial charge < -0.3 is 9.84 Å². The van der Waals surface area contributed by atoms with E-state index in [1.54, 1.807) is 6.07 Å². The molecule has 2 aromatic heterocycles. The number of anilines is 1. The van der Waals surface area contributed by atoms with E-state index in [1.807, 2.05) is 52.0 Å². The Kier molecular flexibility index (Phi) is 4.61. The number of carbonyl (C=O) groups is 1. The van der Waals surface area contributed by atoms with E-state index in [2.05, 4.69) is 20.4 Å². The summed E-state index contributed by atoms with van der Waals surface area (Å²) in [6.45, 7) is 7.71. The predicted octanol–water partition coefficient (Wildman–Crippen LogP) is 3.87. The van der Waals surface area contributed by atoms with Gasteiger partial charge in [0.05, 0.1) is 5.56 Å². The van der Waals surface area contributed by atoms with Gasteiger partial charge in [-0.15, -0.1) is 0 Å². The molecule has 0 fully saturated rings. The van der Waals surface area contributed by atoms with Crippen LogP contribution in [0.25, 0.3) is 11.4 Å². The largest absolute Gasteiger partial charge is 0.339 e. The highest BCUT2D eigenvalue weighted by Crippen LogP contribution is 2.29. The van der Waals surface area contributed by atoms with E-state index >= 15 is 0 Å². The Morgan fingerprint density at radius 3 is 2.64 bits per heavy atom. The number of rotatable bonds is 4. The van der Waals surface area contributed by atoms with Crippen LogP contribution in [0.3, 0.4) is 0 Å². The van der Waals surface area contributed by atoms with Crippen molar-refractivity contribution in [1.82, 2.24) is 15.1 Å². The molecular weight excluding hydrogens is 316 g/mol. The Morgan fingerprint density at radius 2 is 1.96 bits per heavy atom. The summed E-state index contributed by atoms with van der Waals surface area (Å²) in [5, 5.41) is 6.91. The minimum Gasteiger partial charge on any atom is -0.339 e. The summed E-state index contributed by atoms with van der Waals surface area (Å²) in [7, 11) is 0. The third-order valence-corrected chi connectivity index (χ3v) is 3.85. The second-order valence-electron chi connectivity index (χ2n) is 5.99. The van der Waals surface area contributed by atoms with Gasteiger partial charge in [0.25, 0.3) is 5.91 Å². The molecule has 0 aliphatic heterocycles. The van der Waals surface area contributed by atoms with Crippen LogP contribution in [-0.2, 0) is 6.42 Å². The van der Waals surface area contributed by atoms with Crippen LogP contribution < -0.4 is 5.32 Å². The molecule has 6 nitrogen and oxygen atoms in total. The number of carbonyl (C=O) groups excluding carboxylic acids is 1. The zero-order valence-corrected chi connectivity index (χ0v) is 14.8. The molecule has 0 aliphatic carbocycles. The monoisotopic (exact) mass is 336 g/mol. The maximum atomic E-state index is 12.6. The summed E-state index contributed by atoms with van der Waals surface area (Å²) < 4.78 is 5.21. The first-order chi connectivity index (χ1) is 12.0. The normalized spacial score (nSPS) is 10.7. The lowest BCUT2D eigenvalue weighted by molar-refractivity contribution is 0.102. The molecule has 0 aliphatic rings. The highest BCUT2D eigenvalue weighted by Gasteiger charge is 2.19. The zero-order chi connectivity index (χ0) is 18.0. The number of nitrogens with one attached hydrogen (secondary N) is 1. The van der Waals surface area contributed by atoms with Crippen molar-refractivity contribution in [3.8, 4) is 11.4 Å². The minimum atomic E-state index is -0.221. The number of pyridine rings is 1. The number of benzene rings is 1. The second-order valence-corrected chi connectivity index (χ2v) is 5.99. The Bertz CT molecular complexity index is 931. The van der Waals surface area contributed by atoms with Gasteiger partial charge >= 0.3 is 0 Å². The maximum Gasteiger partial charge on any atom is 0.256 e. The van der Waals surface area contributed by atoms with Crippen LogP contribution in [0.5, 0.6) is 0 Å². The van der Waals surface area contributed by atoms with E-state index in [4.69, 9.17) is 4.52 Å². The zero-order valence-electron chi connectivity index (χ0n) is 14.8. The first-order valence-corrected chi connectivity index (χ1v) is 8.17. The van der Waals surface area contributed by atoms with Gasteiger partial charge in [0.1, 0.15) is 5.82 Å². The quantitative estimate of drug-likeness (QED) is 0.782. The lowest BCUT2D eigenvalue weighted by Crippen LogP contribution is -2.15. The molecule has 128 valence electrons. The van der Waals surface area contributed by atoms with Crippen molar-refractivity contribution in [3.63, 3.8) is 0 Å². The van der Waals surface area contributed by atoms with Gasteiger partial charge in [-0.05, 0) is 44.5 Å². The minimum absolute atomic E-state index is 0.221. The third-order valence-electron chi connectivity index (χ3n) is 3.85. The van der Waals surface area contributed by atoms with Crippen molar-refractivity contribution >= 4 is 11.7 Å². The fourth-order valence-corrected chi connectivity index (χ4v) is 2.68. The average Bonchev–Trinajstić information content (AvgIpc) is 3.03. The molecule has 0 spiro atoms. The number of aromatic nitrogens is 3. The molecule has 3 rings (SSSR count). The summed E-state index contributed by atoms with van der Waals surface area (Å²) in [6, 6.07) is 9.34. The fourth-order valence-electron chi connectivity index (χ4n) is 2.68.